The highest BCUT2D eigenvalue weighted by Crippen LogP contribution is 2.04. The van der Waals surface area contributed by atoms with Gasteiger partial charge in [0, 0.05) is 6.42 Å². The van der Waals surface area contributed by atoms with Crippen molar-refractivity contribution in [2.24, 2.45) is 11.7 Å². The maximum atomic E-state index is 12.0. The van der Waals surface area contributed by atoms with Crippen LogP contribution in [0.5, 0.6) is 0 Å². The van der Waals surface area contributed by atoms with E-state index in [0.717, 1.165) is 5.56 Å². The number of carbonyl (C=O) groups is 3. The van der Waals surface area contributed by atoms with Gasteiger partial charge in [0.05, 0.1) is 19.7 Å². The lowest BCUT2D eigenvalue weighted by molar-refractivity contribution is -0.145. The van der Waals surface area contributed by atoms with Gasteiger partial charge in [0.1, 0.15) is 6.04 Å². The summed E-state index contributed by atoms with van der Waals surface area (Å²) in [6, 6.07) is 7.76. The molecule has 0 saturated heterocycles. The van der Waals surface area contributed by atoms with Crippen molar-refractivity contribution in [2.45, 2.75) is 32.4 Å². The molecule has 7 nitrogen and oxygen atoms in total. The number of amides is 2. The Bertz CT molecular complexity index is 566. The molecule has 25 heavy (non-hydrogen) atoms. The van der Waals surface area contributed by atoms with E-state index in [-0.39, 0.29) is 24.9 Å². The molecule has 0 aliphatic carbocycles. The van der Waals surface area contributed by atoms with Crippen LogP contribution in [-0.2, 0) is 25.5 Å². The number of nitrogens with two attached hydrogens (primary N) is 1. The molecule has 0 heterocycles. The number of hydrogen-bond donors (Lipinski definition) is 3. The molecule has 0 radical (unpaired) electrons. The predicted octanol–water partition coefficient (Wildman–Crippen LogP) is 0.408. The normalized spacial score (nSPS) is 12.5. The van der Waals surface area contributed by atoms with Crippen molar-refractivity contribution >= 4 is 30.2 Å². The van der Waals surface area contributed by atoms with Gasteiger partial charge in [-0.05, 0) is 11.5 Å². The molecule has 1 aromatic carbocycles. The summed E-state index contributed by atoms with van der Waals surface area (Å²) in [6.07, 6.45) is 0.304. The predicted molar refractivity (Wildman–Crippen MR) is 97.2 cm³/mol. The van der Waals surface area contributed by atoms with E-state index in [2.05, 4.69) is 10.6 Å². The Balaban J connectivity index is 0.00000576. The number of methoxy groups -OCH3 is 1. The number of rotatable bonds is 8. The Labute approximate surface area is 154 Å². The third-order valence-corrected chi connectivity index (χ3v) is 3.55. The summed E-state index contributed by atoms with van der Waals surface area (Å²) in [6.45, 7) is 3.39. The van der Waals surface area contributed by atoms with Crippen LogP contribution in [0.25, 0.3) is 0 Å². The molecule has 0 saturated carbocycles. The van der Waals surface area contributed by atoms with Gasteiger partial charge in [0.25, 0.3) is 0 Å². The van der Waals surface area contributed by atoms with Gasteiger partial charge in [0.2, 0.25) is 11.8 Å². The van der Waals surface area contributed by atoms with Crippen LogP contribution in [0.2, 0.25) is 0 Å². The molecule has 8 heteroatoms. The van der Waals surface area contributed by atoms with E-state index in [0.29, 0.717) is 6.42 Å². The molecule has 2 amide bonds. The minimum atomic E-state index is -0.819. The number of hydrogen-bond acceptors (Lipinski definition) is 5. The van der Waals surface area contributed by atoms with Gasteiger partial charge >= 0.3 is 5.97 Å². The van der Waals surface area contributed by atoms with Crippen molar-refractivity contribution in [1.29, 1.82) is 0 Å². The van der Waals surface area contributed by atoms with Crippen LogP contribution in [0.15, 0.2) is 30.3 Å². The van der Waals surface area contributed by atoms with Crippen LogP contribution in [0.3, 0.4) is 0 Å². The monoisotopic (exact) mass is 371 g/mol. The maximum Gasteiger partial charge on any atom is 0.328 e. The third kappa shape index (κ3) is 8.00. The number of carbonyl (C=O) groups excluding carboxylic acids is 3. The average molecular weight is 372 g/mol. The van der Waals surface area contributed by atoms with Crippen molar-refractivity contribution in [3.8, 4) is 0 Å². The summed E-state index contributed by atoms with van der Waals surface area (Å²) >= 11 is 0. The lowest BCUT2D eigenvalue weighted by atomic mass is 10.1. The van der Waals surface area contributed by atoms with E-state index in [1.165, 1.54) is 7.11 Å². The zero-order valence-electron chi connectivity index (χ0n) is 14.7. The Morgan fingerprint density at radius 2 is 1.76 bits per heavy atom. The van der Waals surface area contributed by atoms with Gasteiger partial charge in [-0.25, -0.2) is 4.79 Å². The first kappa shape index (κ1) is 22.9. The summed E-state index contributed by atoms with van der Waals surface area (Å²) < 4.78 is 4.72. The fourth-order valence-corrected chi connectivity index (χ4v) is 2.02. The summed E-state index contributed by atoms with van der Waals surface area (Å²) in [5.74, 6) is -1.46. The molecule has 4 N–H and O–H groups in total. The van der Waals surface area contributed by atoms with Crippen molar-refractivity contribution in [3.05, 3.63) is 35.9 Å². The number of nitrogens with one attached hydrogen (secondary N) is 2. The van der Waals surface area contributed by atoms with E-state index >= 15 is 0 Å². The summed E-state index contributed by atoms with van der Waals surface area (Å²) in [4.78, 5) is 35.6. The Hall–Kier alpha value is -2.12. The average Bonchev–Trinajstić information content (AvgIpc) is 2.58. The highest BCUT2D eigenvalue weighted by atomic mass is 35.5. The van der Waals surface area contributed by atoms with E-state index < -0.39 is 29.9 Å². The van der Waals surface area contributed by atoms with Crippen LogP contribution in [0.1, 0.15) is 19.4 Å². The zero-order chi connectivity index (χ0) is 18.1. The van der Waals surface area contributed by atoms with Gasteiger partial charge in [-0.2, -0.15) is 0 Å². The smallest absolute Gasteiger partial charge is 0.328 e. The zero-order valence-corrected chi connectivity index (χ0v) is 15.5. The molecule has 0 aromatic heterocycles. The number of ether oxygens (including phenoxy) is 1. The van der Waals surface area contributed by atoms with E-state index in [1.54, 1.807) is 0 Å². The molecule has 2 atom stereocenters. The first-order chi connectivity index (χ1) is 11.3. The van der Waals surface area contributed by atoms with Gasteiger partial charge in [-0.3, -0.25) is 9.59 Å². The lowest BCUT2D eigenvalue weighted by Crippen LogP contribution is -2.50. The largest absolute Gasteiger partial charge is 0.467 e. The summed E-state index contributed by atoms with van der Waals surface area (Å²) in [7, 11) is 1.26. The van der Waals surface area contributed by atoms with Crippen molar-refractivity contribution in [3.63, 3.8) is 0 Å². The fourth-order valence-electron chi connectivity index (χ4n) is 2.02. The Morgan fingerprint density at radius 3 is 2.28 bits per heavy atom. The van der Waals surface area contributed by atoms with Gasteiger partial charge in [-0.15, -0.1) is 12.4 Å². The quantitative estimate of drug-likeness (QED) is 0.573. The SMILES string of the molecule is COC(=O)C(Cc1ccccc1)NC(=O)CNC(=O)[C@@H](N)C(C)C.Cl. The highest BCUT2D eigenvalue weighted by Gasteiger charge is 2.23. The molecule has 0 aliphatic rings. The second-order valence-electron chi connectivity index (χ2n) is 5.82. The summed E-state index contributed by atoms with van der Waals surface area (Å²) in [5, 5.41) is 5.03. The second kappa shape index (κ2) is 11.4. The maximum absolute atomic E-state index is 12.0. The second-order valence-corrected chi connectivity index (χ2v) is 5.82. The molecule has 0 spiro atoms. The lowest BCUT2D eigenvalue weighted by Gasteiger charge is -2.18. The van der Waals surface area contributed by atoms with Crippen LogP contribution < -0.4 is 16.4 Å². The molecule has 0 fully saturated rings. The summed E-state index contributed by atoms with van der Waals surface area (Å²) in [5.41, 5.74) is 6.59. The van der Waals surface area contributed by atoms with Crippen molar-refractivity contribution < 1.29 is 19.1 Å². The number of esters is 1. The minimum absolute atomic E-state index is 0. The minimum Gasteiger partial charge on any atom is -0.467 e. The van der Waals surface area contributed by atoms with Crippen LogP contribution in [-0.4, -0.2) is 43.5 Å². The number of halogens is 1. The van der Waals surface area contributed by atoms with Crippen molar-refractivity contribution in [1.82, 2.24) is 10.6 Å². The van der Waals surface area contributed by atoms with Crippen LogP contribution in [0.4, 0.5) is 0 Å². The van der Waals surface area contributed by atoms with E-state index in [9.17, 15) is 14.4 Å². The molecule has 1 unspecified atom stereocenters. The highest BCUT2D eigenvalue weighted by molar-refractivity contribution is 5.89. The van der Waals surface area contributed by atoms with Crippen molar-refractivity contribution in [2.75, 3.05) is 13.7 Å². The van der Waals surface area contributed by atoms with Gasteiger partial charge in [-0.1, -0.05) is 44.2 Å². The Kier molecular flexibility index (Phi) is 10.5. The van der Waals surface area contributed by atoms with Crippen LogP contribution in [0, 0.1) is 5.92 Å². The third-order valence-electron chi connectivity index (χ3n) is 3.55. The standard InChI is InChI=1S/C17H25N3O4.ClH/c1-11(2)15(18)16(22)19-10-14(21)20-13(17(23)24-3)9-12-7-5-4-6-8-12;/h4-8,11,13,15H,9-10,18H2,1-3H3,(H,19,22)(H,20,21);1H/t13?,15-;/m0./s1. The molecule has 0 bridgehead atoms. The molecule has 1 rings (SSSR count). The van der Waals surface area contributed by atoms with E-state index in [1.807, 2.05) is 44.2 Å². The van der Waals surface area contributed by atoms with Gasteiger partial charge in [0.15, 0.2) is 0 Å². The molecule has 1 aromatic rings. The fraction of sp³-hybridized carbons (Fsp3) is 0.471. The molecular formula is C17H26ClN3O4. The number of benzene rings is 1. The van der Waals surface area contributed by atoms with E-state index in [4.69, 9.17) is 10.5 Å². The first-order valence-electron chi connectivity index (χ1n) is 7.79. The molecule has 140 valence electrons. The van der Waals surface area contributed by atoms with Crippen LogP contribution >= 0.6 is 12.4 Å². The Morgan fingerprint density at radius 1 is 1.16 bits per heavy atom. The topological polar surface area (TPSA) is 111 Å². The first-order valence-corrected chi connectivity index (χ1v) is 7.79. The molecular weight excluding hydrogens is 346 g/mol. The molecule has 0 aliphatic heterocycles. The van der Waals surface area contributed by atoms with Gasteiger partial charge < -0.3 is 21.1 Å².